The van der Waals surface area contributed by atoms with Gasteiger partial charge in [-0.05, 0) is 5.92 Å². The van der Waals surface area contributed by atoms with Gasteiger partial charge < -0.3 is 9.52 Å². The molecule has 0 aliphatic carbocycles. The molecule has 6 heteroatoms. The molecule has 1 aromatic heterocycles. The summed E-state index contributed by atoms with van der Waals surface area (Å²) in [6.07, 6.45) is 0. The standard InChI is InChI=1S/C9H15N3O3/c1-5(2)8(9(13)14)10-4-7-12-11-6(3)15-7/h5,8,10H,4H2,1-3H3,(H,13,14). The van der Waals surface area contributed by atoms with Gasteiger partial charge >= 0.3 is 5.97 Å². The summed E-state index contributed by atoms with van der Waals surface area (Å²) in [4.78, 5) is 10.8. The monoisotopic (exact) mass is 213 g/mol. The summed E-state index contributed by atoms with van der Waals surface area (Å²) in [7, 11) is 0. The van der Waals surface area contributed by atoms with Crippen molar-refractivity contribution in [2.45, 2.75) is 33.4 Å². The minimum Gasteiger partial charge on any atom is -0.480 e. The van der Waals surface area contributed by atoms with E-state index in [0.29, 0.717) is 11.8 Å². The highest BCUT2D eigenvalue weighted by Crippen LogP contribution is 2.04. The molecule has 2 N–H and O–H groups in total. The first kappa shape index (κ1) is 11.6. The number of aliphatic carboxylic acids is 1. The third-order valence-corrected chi connectivity index (χ3v) is 1.97. The zero-order valence-electron chi connectivity index (χ0n) is 9.02. The first-order valence-corrected chi connectivity index (χ1v) is 4.76. The van der Waals surface area contributed by atoms with Crippen LogP contribution in [0.3, 0.4) is 0 Å². The summed E-state index contributed by atoms with van der Waals surface area (Å²) in [5.41, 5.74) is 0. The Morgan fingerprint density at radius 2 is 2.20 bits per heavy atom. The lowest BCUT2D eigenvalue weighted by Gasteiger charge is -2.16. The van der Waals surface area contributed by atoms with E-state index in [-0.39, 0.29) is 12.5 Å². The molecule has 0 aromatic carbocycles. The predicted octanol–water partition coefficient (Wildman–Crippen LogP) is 0.577. The Labute approximate surface area is 87.7 Å². The second-order valence-corrected chi connectivity index (χ2v) is 3.66. The predicted molar refractivity (Wildman–Crippen MR) is 52.1 cm³/mol. The molecule has 0 aliphatic heterocycles. The molecule has 6 nitrogen and oxygen atoms in total. The number of hydrogen-bond donors (Lipinski definition) is 2. The number of carbonyl (C=O) groups is 1. The molecular formula is C9H15N3O3. The van der Waals surface area contributed by atoms with Gasteiger partial charge in [0.15, 0.2) is 0 Å². The van der Waals surface area contributed by atoms with Gasteiger partial charge in [-0.25, -0.2) is 0 Å². The number of hydrogen-bond acceptors (Lipinski definition) is 5. The van der Waals surface area contributed by atoms with Crippen LogP contribution in [0.4, 0.5) is 0 Å². The minimum absolute atomic E-state index is 0.00604. The fourth-order valence-electron chi connectivity index (χ4n) is 1.21. The molecule has 1 unspecified atom stereocenters. The van der Waals surface area contributed by atoms with Crippen molar-refractivity contribution in [2.75, 3.05) is 0 Å². The van der Waals surface area contributed by atoms with Crippen LogP contribution in [0.2, 0.25) is 0 Å². The van der Waals surface area contributed by atoms with E-state index in [2.05, 4.69) is 15.5 Å². The third-order valence-electron chi connectivity index (χ3n) is 1.97. The van der Waals surface area contributed by atoms with Gasteiger partial charge in [0.05, 0.1) is 6.54 Å². The van der Waals surface area contributed by atoms with Crippen LogP contribution in [0.25, 0.3) is 0 Å². The number of aryl methyl sites for hydroxylation is 1. The van der Waals surface area contributed by atoms with E-state index < -0.39 is 12.0 Å². The highest BCUT2D eigenvalue weighted by molar-refractivity contribution is 5.73. The van der Waals surface area contributed by atoms with E-state index in [1.54, 1.807) is 6.92 Å². The number of aromatic nitrogens is 2. The molecule has 0 fully saturated rings. The van der Waals surface area contributed by atoms with Gasteiger partial charge in [-0.15, -0.1) is 10.2 Å². The van der Waals surface area contributed by atoms with E-state index in [0.717, 1.165) is 0 Å². The van der Waals surface area contributed by atoms with E-state index in [1.165, 1.54) is 0 Å². The smallest absolute Gasteiger partial charge is 0.320 e. The molecule has 0 saturated heterocycles. The lowest BCUT2D eigenvalue weighted by atomic mass is 10.1. The maximum absolute atomic E-state index is 10.8. The summed E-state index contributed by atoms with van der Waals surface area (Å²) >= 11 is 0. The molecule has 0 aliphatic rings. The first-order valence-electron chi connectivity index (χ1n) is 4.76. The molecule has 0 bridgehead atoms. The fraction of sp³-hybridized carbons (Fsp3) is 0.667. The van der Waals surface area contributed by atoms with E-state index in [1.807, 2.05) is 13.8 Å². The number of nitrogens with one attached hydrogen (secondary N) is 1. The molecule has 0 amide bonds. The van der Waals surface area contributed by atoms with Gasteiger partial charge in [0.25, 0.3) is 0 Å². The Bertz CT molecular complexity index is 335. The fourth-order valence-corrected chi connectivity index (χ4v) is 1.21. The van der Waals surface area contributed by atoms with Crippen LogP contribution < -0.4 is 5.32 Å². The quantitative estimate of drug-likeness (QED) is 0.743. The maximum atomic E-state index is 10.8. The third kappa shape index (κ3) is 3.32. The van der Waals surface area contributed by atoms with Crippen molar-refractivity contribution in [3.05, 3.63) is 11.8 Å². The van der Waals surface area contributed by atoms with Crippen molar-refractivity contribution < 1.29 is 14.3 Å². The molecule has 1 atom stereocenters. The summed E-state index contributed by atoms with van der Waals surface area (Å²) in [6.45, 7) is 5.64. The topological polar surface area (TPSA) is 88.2 Å². The van der Waals surface area contributed by atoms with Gasteiger partial charge in [-0.3, -0.25) is 10.1 Å². The normalized spacial score (nSPS) is 13.1. The summed E-state index contributed by atoms with van der Waals surface area (Å²) in [5, 5.41) is 19.2. The van der Waals surface area contributed by atoms with Crippen LogP contribution in [-0.2, 0) is 11.3 Å². The average Bonchev–Trinajstić information content (AvgIpc) is 2.50. The second kappa shape index (κ2) is 4.88. The van der Waals surface area contributed by atoms with Crippen LogP contribution >= 0.6 is 0 Å². The molecule has 84 valence electrons. The molecule has 15 heavy (non-hydrogen) atoms. The lowest BCUT2D eigenvalue weighted by molar-refractivity contribution is -0.140. The highest BCUT2D eigenvalue weighted by atomic mass is 16.4. The maximum Gasteiger partial charge on any atom is 0.320 e. The van der Waals surface area contributed by atoms with Gasteiger partial charge in [-0.1, -0.05) is 13.8 Å². The summed E-state index contributed by atoms with van der Waals surface area (Å²) in [6, 6.07) is -0.600. The molecular weight excluding hydrogens is 198 g/mol. The van der Waals surface area contributed by atoms with E-state index in [9.17, 15) is 4.79 Å². The summed E-state index contributed by atoms with van der Waals surface area (Å²) < 4.78 is 5.12. The largest absolute Gasteiger partial charge is 0.480 e. The van der Waals surface area contributed by atoms with Crippen molar-refractivity contribution in [1.82, 2.24) is 15.5 Å². The molecule has 1 heterocycles. The second-order valence-electron chi connectivity index (χ2n) is 3.66. The highest BCUT2D eigenvalue weighted by Gasteiger charge is 2.21. The number of rotatable bonds is 5. The van der Waals surface area contributed by atoms with Crippen molar-refractivity contribution in [2.24, 2.45) is 5.92 Å². The Kier molecular flexibility index (Phi) is 3.79. The first-order chi connectivity index (χ1) is 7.00. The van der Waals surface area contributed by atoms with Crippen LogP contribution in [-0.4, -0.2) is 27.3 Å². The molecule has 0 spiro atoms. The van der Waals surface area contributed by atoms with Crippen LogP contribution in [0.5, 0.6) is 0 Å². The zero-order chi connectivity index (χ0) is 11.4. The lowest BCUT2D eigenvalue weighted by Crippen LogP contribution is -2.40. The number of nitrogens with zero attached hydrogens (tertiary/aromatic N) is 2. The Hall–Kier alpha value is -1.43. The van der Waals surface area contributed by atoms with Crippen molar-refractivity contribution in [1.29, 1.82) is 0 Å². The van der Waals surface area contributed by atoms with Crippen LogP contribution in [0.15, 0.2) is 4.42 Å². The minimum atomic E-state index is -0.874. The van der Waals surface area contributed by atoms with E-state index >= 15 is 0 Å². The van der Waals surface area contributed by atoms with E-state index in [4.69, 9.17) is 9.52 Å². The molecule has 0 radical (unpaired) electrons. The van der Waals surface area contributed by atoms with Gasteiger partial charge in [-0.2, -0.15) is 0 Å². The van der Waals surface area contributed by atoms with Crippen molar-refractivity contribution in [3.8, 4) is 0 Å². The summed E-state index contributed by atoms with van der Waals surface area (Å²) in [5.74, 6) is 0.00961. The van der Waals surface area contributed by atoms with Gasteiger partial charge in [0.2, 0.25) is 11.8 Å². The van der Waals surface area contributed by atoms with Crippen LogP contribution in [0, 0.1) is 12.8 Å². The zero-order valence-corrected chi connectivity index (χ0v) is 9.02. The van der Waals surface area contributed by atoms with Gasteiger partial charge in [0, 0.05) is 6.92 Å². The van der Waals surface area contributed by atoms with Crippen LogP contribution in [0.1, 0.15) is 25.6 Å². The SMILES string of the molecule is Cc1nnc(CNC(C(=O)O)C(C)C)o1. The molecule has 0 saturated carbocycles. The van der Waals surface area contributed by atoms with Crippen molar-refractivity contribution in [3.63, 3.8) is 0 Å². The number of carboxylic acid groups (broad SMARTS) is 1. The molecule has 1 rings (SSSR count). The average molecular weight is 213 g/mol. The van der Waals surface area contributed by atoms with Gasteiger partial charge in [0.1, 0.15) is 6.04 Å². The Balaban J connectivity index is 2.50. The number of carboxylic acids is 1. The molecule has 1 aromatic rings. The Morgan fingerprint density at radius 1 is 1.53 bits per heavy atom. The van der Waals surface area contributed by atoms with Crippen molar-refractivity contribution >= 4 is 5.97 Å². The Morgan fingerprint density at radius 3 is 2.60 bits per heavy atom.